The van der Waals surface area contributed by atoms with E-state index in [1.807, 2.05) is 11.8 Å². The van der Waals surface area contributed by atoms with Crippen LogP contribution >= 0.6 is 0 Å². The summed E-state index contributed by atoms with van der Waals surface area (Å²) in [6, 6.07) is 6.28. The smallest absolute Gasteiger partial charge is 0.410 e. The SMILES string of the molecule is CCCN(C(=O)OCc1ccc([N+](=O)[O-])cc1)C1CCNCC1. The van der Waals surface area contributed by atoms with Crippen LogP contribution in [-0.4, -0.2) is 41.6 Å². The lowest BCUT2D eigenvalue weighted by Gasteiger charge is -2.33. The molecular weight excluding hydrogens is 298 g/mol. The third-order valence-corrected chi connectivity index (χ3v) is 3.96. The van der Waals surface area contributed by atoms with Gasteiger partial charge in [0.05, 0.1) is 4.92 Å². The van der Waals surface area contributed by atoms with Crippen molar-refractivity contribution in [2.75, 3.05) is 19.6 Å². The van der Waals surface area contributed by atoms with Gasteiger partial charge in [0.25, 0.3) is 5.69 Å². The fourth-order valence-corrected chi connectivity index (χ4v) is 2.72. The molecule has 1 saturated heterocycles. The number of nitro groups is 1. The number of nitrogens with one attached hydrogen (secondary N) is 1. The van der Waals surface area contributed by atoms with Crippen molar-refractivity contribution in [2.45, 2.75) is 38.8 Å². The third kappa shape index (κ3) is 4.92. The van der Waals surface area contributed by atoms with E-state index in [1.54, 1.807) is 12.1 Å². The first-order valence-electron chi connectivity index (χ1n) is 7.99. The van der Waals surface area contributed by atoms with E-state index in [1.165, 1.54) is 12.1 Å². The molecule has 0 unspecified atom stereocenters. The van der Waals surface area contributed by atoms with Gasteiger partial charge in [-0.2, -0.15) is 0 Å². The van der Waals surface area contributed by atoms with Crippen molar-refractivity contribution in [1.29, 1.82) is 0 Å². The minimum Gasteiger partial charge on any atom is -0.445 e. The van der Waals surface area contributed by atoms with Crippen molar-refractivity contribution in [1.82, 2.24) is 10.2 Å². The van der Waals surface area contributed by atoms with Gasteiger partial charge in [0.1, 0.15) is 6.61 Å². The van der Waals surface area contributed by atoms with Crippen LogP contribution in [0, 0.1) is 10.1 Å². The molecule has 1 aromatic carbocycles. The molecule has 1 heterocycles. The van der Waals surface area contributed by atoms with Crippen molar-refractivity contribution in [2.24, 2.45) is 0 Å². The lowest BCUT2D eigenvalue weighted by atomic mass is 10.1. The molecule has 0 aromatic heterocycles. The van der Waals surface area contributed by atoms with E-state index < -0.39 is 4.92 Å². The normalized spacial score (nSPS) is 15.2. The Morgan fingerprint density at radius 3 is 2.57 bits per heavy atom. The molecule has 1 N–H and O–H groups in total. The highest BCUT2D eigenvalue weighted by Gasteiger charge is 2.25. The standard InChI is InChI=1S/C16H23N3O4/c1-2-11-18(14-7-9-17-10-8-14)16(20)23-12-13-3-5-15(6-4-13)19(21)22/h3-6,14,17H,2,7-12H2,1H3. The molecule has 1 aromatic rings. The number of piperidine rings is 1. The second-order valence-electron chi connectivity index (χ2n) is 5.65. The monoisotopic (exact) mass is 321 g/mol. The molecule has 1 aliphatic heterocycles. The average molecular weight is 321 g/mol. The van der Waals surface area contributed by atoms with Crippen LogP contribution in [0.15, 0.2) is 24.3 Å². The van der Waals surface area contributed by atoms with Crippen molar-refractivity contribution < 1.29 is 14.5 Å². The van der Waals surface area contributed by atoms with E-state index in [9.17, 15) is 14.9 Å². The van der Waals surface area contributed by atoms with Crippen LogP contribution < -0.4 is 5.32 Å². The first-order chi connectivity index (χ1) is 11.1. The lowest BCUT2D eigenvalue weighted by Crippen LogP contribution is -2.46. The molecule has 1 fully saturated rings. The molecular formula is C16H23N3O4. The molecule has 23 heavy (non-hydrogen) atoms. The van der Waals surface area contributed by atoms with Crippen LogP contribution in [0.1, 0.15) is 31.7 Å². The van der Waals surface area contributed by atoms with Crippen LogP contribution in [0.2, 0.25) is 0 Å². The second-order valence-corrected chi connectivity index (χ2v) is 5.65. The number of carbonyl (C=O) groups excluding carboxylic acids is 1. The van der Waals surface area contributed by atoms with Crippen molar-refractivity contribution in [3.05, 3.63) is 39.9 Å². The number of nitro benzene ring substituents is 1. The number of hydrogen-bond acceptors (Lipinski definition) is 5. The van der Waals surface area contributed by atoms with Gasteiger partial charge in [-0.15, -0.1) is 0 Å². The number of nitrogens with zero attached hydrogens (tertiary/aromatic N) is 2. The average Bonchev–Trinajstić information content (AvgIpc) is 2.58. The maximum absolute atomic E-state index is 12.4. The third-order valence-electron chi connectivity index (χ3n) is 3.96. The Kier molecular flexibility index (Phi) is 6.34. The summed E-state index contributed by atoms with van der Waals surface area (Å²) in [7, 11) is 0. The summed E-state index contributed by atoms with van der Waals surface area (Å²) in [5.41, 5.74) is 0.771. The second kappa shape index (κ2) is 8.47. The Hall–Kier alpha value is -2.15. The molecule has 1 amide bonds. The van der Waals surface area contributed by atoms with E-state index in [2.05, 4.69) is 5.32 Å². The molecule has 7 nitrogen and oxygen atoms in total. The number of rotatable bonds is 6. The van der Waals surface area contributed by atoms with Crippen molar-refractivity contribution in [3.63, 3.8) is 0 Å². The summed E-state index contributed by atoms with van der Waals surface area (Å²) in [6.07, 6.45) is 2.45. The number of non-ortho nitro benzene ring substituents is 1. The summed E-state index contributed by atoms with van der Waals surface area (Å²) in [5, 5.41) is 13.9. The summed E-state index contributed by atoms with van der Waals surface area (Å²) in [4.78, 5) is 24.3. The molecule has 0 aliphatic carbocycles. The van der Waals surface area contributed by atoms with Crippen LogP contribution in [0.25, 0.3) is 0 Å². The topological polar surface area (TPSA) is 84.7 Å². The summed E-state index contributed by atoms with van der Waals surface area (Å²) >= 11 is 0. The Labute approximate surface area is 135 Å². The minimum atomic E-state index is -0.449. The molecule has 0 saturated carbocycles. The zero-order chi connectivity index (χ0) is 16.7. The minimum absolute atomic E-state index is 0.0300. The molecule has 1 aliphatic rings. The van der Waals surface area contributed by atoms with Gasteiger partial charge in [-0.25, -0.2) is 4.79 Å². The molecule has 0 radical (unpaired) electrons. The molecule has 0 bridgehead atoms. The Morgan fingerprint density at radius 2 is 2.00 bits per heavy atom. The fourth-order valence-electron chi connectivity index (χ4n) is 2.72. The van der Waals surface area contributed by atoms with Crippen LogP contribution in [0.4, 0.5) is 10.5 Å². The van der Waals surface area contributed by atoms with Gasteiger partial charge in [0.15, 0.2) is 0 Å². The van der Waals surface area contributed by atoms with Crippen LogP contribution in [0.5, 0.6) is 0 Å². The summed E-state index contributed by atoms with van der Waals surface area (Å²) < 4.78 is 5.39. The highest BCUT2D eigenvalue weighted by Crippen LogP contribution is 2.16. The molecule has 0 spiro atoms. The number of amides is 1. The van der Waals surface area contributed by atoms with Gasteiger partial charge >= 0.3 is 6.09 Å². The van der Waals surface area contributed by atoms with Crippen molar-refractivity contribution >= 4 is 11.8 Å². The van der Waals surface area contributed by atoms with E-state index in [-0.39, 0.29) is 24.4 Å². The fraction of sp³-hybridized carbons (Fsp3) is 0.562. The van der Waals surface area contributed by atoms with Gasteiger partial charge in [-0.1, -0.05) is 6.92 Å². The van der Waals surface area contributed by atoms with Gasteiger partial charge < -0.3 is 15.0 Å². The number of ether oxygens (including phenoxy) is 1. The molecule has 2 rings (SSSR count). The Bertz CT molecular complexity index is 527. The highest BCUT2D eigenvalue weighted by molar-refractivity contribution is 5.68. The van der Waals surface area contributed by atoms with E-state index in [0.717, 1.165) is 37.9 Å². The molecule has 0 atom stereocenters. The quantitative estimate of drug-likeness (QED) is 0.643. The van der Waals surface area contributed by atoms with Gasteiger partial charge in [0.2, 0.25) is 0 Å². The zero-order valence-electron chi connectivity index (χ0n) is 13.4. The number of carbonyl (C=O) groups is 1. The van der Waals surface area contributed by atoms with Crippen LogP contribution in [-0.2, 0) is 11.3 Å². The van der Waals surface area contributed by atoms with E-state index in [4.69, 9.17) is 4.74 Å². The van der Waals surface area contributed by atoms with E-state index in [0.29, 0.717) is 6.54 Å². The summed E-state index contributed by atoms with van der Waals surface area (Å²) in [6.45, 7) is 4.69. The Morgan fingerprint density at radius 1 is 1.35 bits per heavy atom. The zero-order valence-corrected chi connectivity index (χ0v) is 13.4. The number of benzene rings is 1. The van der Waals surface area contributed by atoms with Gasteiger partial charge in [-0.3, -0.25) is 10.1 Å². The summed E-state index contributed by atoms with van der Waals surface area (Å²) in [5.74, 6) is 0. The van der Waals surface area contributed by atoms with Gasteiger partial charge in [0, 0.05) is 24.7 Å². The highest BCUT2D eigenvalue weighted by atomic mass is 16.6. The maximum atomic E-state index is 12.4. The van der Waals surface area contributed by atoms with E-state index >= 15 is 0 Å². The Balaban J connectivity index is 1.91. The van der Waals surface area contributed by atoms with Gasteiger partial charge in [-0.05, 0) is 50.0 Å². The predicted octanol–water partition coefficient (Wildman–Crippen LogP) is 2.70. The largest absolute Gasteiger partial charge is 0.445 e. The number of hydrogen-bond donors (Lipinski definition) is 1. The molecule has 7 heteroatoms. The first kappa shape index (κ1) is 17.2. The predicted molar refractivity (Wildman–Crippen MR) is 86.2 cm³/mol. The maximum Gasteiger partial charge on any atom is 0.410 e. The lowest BCUT2D eigenvalue weighted by molar-refractivity contribution is -0.384. The first-order valence-corrected chi connectivity index (χ1v) is 7.99. The molecule has 126 valence electrons. The van der Waals surface area contributed by atoms with Crippen LogP contribution in [0.3, 0.4) is 0 Å². The van der Waals surface area contributed by atoms with Crippen molar-refractivity contribution in [3.8, 4) is 0 Å².